The van der Waals surface area contributed by atoms with E-state index in [9.17, 15) is 13.2 Å². The monoisotopic (exact) mass is 262 g/mol. The van der Waals surface area contributed by atoms with Crippen molar-refractivity contribution < 1.29 is 13.2 Å². The summed E-state index contributed by atoms with van der Waals surface area (Å²) in [6.45, 7) is 9.60. The number of alkyl halides is 4. The Hall–Kier alpha value is -0.0000000000000000208. The normalized spacial score (nSPS) is 13.3. The molecular formula is C10H22ClF3N2. The first kappa shape index (κ1) is 18.4. The summed E-state index contributed by atoms with van der Waals surface area (Å²) >= 11 is 4.66. The smallest absolute Gasteiger partial charge is 0.317 e. The fourth-order valence-corrected chi connectivity index (χ4v) is 1.17. The molecule has 0 fully saturated rings. The maximum atomic E-state index is 12.6. The second kappa shape index (κ2) is 10.2. The first-order chi connectivity index (χ1) is 7.38. The minimum atomic E-state index is -3.55. The molecular weight excluding hydrogens is 241 g/mol. The molecule has 6 heteroatoms. The number of halogens is 4. The molecule has 0 radical (unpaired) electrons. The largest absolute Gasteiger partial charge is 0.349 e. The predicted octanol–water partition coefficient (Wildman–Crippen LogP) is 3.07. The lowest BCUT2D eigenvalue weighted by atomic mass is 10.4. The zero-order valence-electron chi connectivity index (χ0n) is 10.4. The molecule has 0 rings (SSSR count). The van der Waals surface area contributed by atoms with Crippen LogP contribution in [-0.4, -0.2) is 42.8 Å². The van der Waals surface area contributed by atoms with Crippen LogP contribution in [-0.2, 0) is 0 Å². The van der Waals surface area contributed by atoms with Gasteiger partial charge in [-0.2, -0.15) is 8.78 Å². The molecule has 0 amide bonds. The molecule has 0 aromatic heterocycles. The first-order valence-electron chi connectivity index (χ1n) is 5.49. The summed E-state index contributed by atoms with van der Waals surface area (Å²) in [7, 11) is 0. The van der Waals surface area contributed by atoms with Crippen LogP contribution < -0.4 is 5.32 Å². The molecule has 2 nitrogen and oxygen atoms in total. The molecule has 0 aromatic carbocycles. The third kappa shape index (κ3) is 7.30. The van der Waals surface area contributed by atoms with Gasteiger partial charge in [-0.1, -0.05) is 39.3 Å². The van der Waals surface area contributed by atoms with Crippen molar-refractivity contribution in [3.63, 3.8) is 0 Å². The SMILES string of the molecule is CCN(CC)C(F)(F)C(F)Cl.CCNCC. The average molecular weight is 263 g/mol. The van der Waals surface area contributed by atoms with Crippen LogP contribution in [0.25, 0.3) is 0 Å². The fourth-order valence-electron chi connectivity index (χ4n) is 1.03. The van der Waals surface area contributed by atoms with Gasteiger partial charge in [0.25, 0.3) is 5.63 Å². The van der Waals surface area contributed by atoms with Crippen molar-refractivity contribution >= 4 is 11.6 Å². The minimum Gasteiger partial charge on any atom is -0.317 e. The van der Waals surface area contributed by atoms with Gasteiger partial charge in [-0.25, -0.2) is 9.29 Å². The van der Waals surface area contributed by atoms with Crippen molar-refractivity contribution in [1.82, 2.24) is 10.2 Å². The molecule has 0 saturated heterocycles. The lowest BCUT2D eigenvalue weighted by Gasteiger charge is -2.28. The maximum absolute atomic E-state index is 12.6. The molecule has 1 N–H and O–H groups in total. The molecule has 0 saturated carbocycles. The van der Waals surface area contributed by atoms with Crippen LogP contribution in [0.3, 0.4) is 0 Å². The summed E-state index contributed by atoms with van der Waals surface area (Å²) in [4.78, 5) is 0.671. The van der Waals surface area contributed by atoms with Gasteiger partial charge in [0, 0.05) is 13.1 Å². The number of nitrogens with one attached hydrogen (secondary N) is 1. The summed E-state index contributed by atoms with van der Waals surface area (Å²) < 4.78 is 37.3. The predicted molar refractivity (Wildman–Crippen MR) is 62.8 cm³/mol. The Balaban J connectivity index is 0. The van der Waals surface area contributed by atoms with Gasteiger partial charge in [0.15, 0.2) is 0 Å². The molecule has 100 valence electrons. The van der Waals surface area contributed by atoms with Crippen LogP contribution in [0.5, 0.6) is 0 Å². The van der Waals surface area contributed by atoms with E-state index in [1.165, 1.54) is 13.8 Å². The highest BCUT2D eigenvalue weighted by Gasteiger charge is 2.43. The molecule has 16 heavy (non-hydrogen) atoms. The number of hydrogen-bond donors (Lipinski definition) is 1. The lowest BCUT2D eigenvalue weighted by molar-refractivity contribution is -0.167. The zero-order chi connectivity index (χ0) is 13.2. The van der Waals surface area contributed by atoms with E-state index in [0.29, 0.717) is 4.90 Å². The molecule has 0 aliphatic rings. The van der Waals surface area contributed by atoms with Gasteiger partial charge < -0.3 is 5.32 Å². The van der Waals surface area contributed by atoms with E-state index >= 15 is 0 Å². The summed E-state index contributed by atoms with van der Waals surface area (Å²) in [5.41, 5.74) is -2.64. The Bertz CT molecular complexity index is 151. The van der Waals surface area contributed by atoms with E-state index < -0.39 is 11.7 Å². The fraction of sp³-hybridized carbons (Fsp3) is 1.00. The van der Waals surface area contributed by atoms with Crippen LogP contribution in [0, 0.1) is 0 Å². The average Bonchev–Trinajstić information content (AvgIpc) is 2.21. The summed E-state index contributed by atoms with van der Waals surface area (Å²) in [5, 5.41) is 3.11. The summed E-state index contributed by atoms with van der Waals surface area (Å²) in [5.74, 6) is 0. The standard InChI is InChI=1S/C6H11ClF3N.C4H11N/c1-3-11(4-2)6(9,10)5(7)8;1-3-5-4-2/h5H,3-4H2,1-2H3;5H,3-4H2,1-2H3. The van der Waals surface area contributed by atoms with Gasteiger partial charge in [-0.05, 0) is 13.1 Å². The molecule has 0 aliphatic carbocycles. The van der Waals surface area contributed by atoms with E-state index in [1.54, 1.807) is 0 Å². The lowest BCUT2D eigenvalue weighted by Crippen LogP contribution is -2.46. The van der Waals surface area contributed by atoms with Crippen molar-refractivity contribution in [2.24, 2.45) is 0 Å². The third-order valence-electron chi connectivity index (χ3n) is 1.95. The van der Waals surface area contributed by atoms with Crippen molar-refractivity contribution in [1.29, 1.82) is 0 Å². The third-order valence-corrected chi connectivity index (χ3v) is 2.21. The highest BCUT2D eigenvalue weighted by atomic mass is 35.5. The van der Waals surface area contributed by atoms with Gasteiger partial charge in [0.2, 0.25) is 0 Å². The Kier molecular flexibility index (Phi) is 11.7. The van der Waals surface area contributed by atoms with Crippen LogP contribution in [0.15, 0.2) is 0 Å². The highest BCUT2D eigenvalue weighted by molar-refractivity contribution is 6.20. The quantitative estimate of drug-likeness (QED) is 0.585. The van der Waals surface area contributed by atoms with E-state index in [-0.39, 0.29) is 13.1 Å². The van der Waals surface area contributed by atoms with E-state index in [1.807, 2.05) is 0 Å². The molecule has 1 unspecified atom stereocenters. The van der Waals surface area contributed by atoms with Crippen LogP contribution in [0.4, 0.5) is 13.2 Å². The van der Waals surface area contributed by atoms with Gasteiger partial charge in [-0.15, -0.1) is 0 Å². The zero-order valence-corrected chi connectivity index (χ0v) is 11.1. The van der Waals surface area contributed by atoms with Gasteiger partial charge >= 0.3 is 6.05 Å². The number of rotatable bonds is 6. The van der Waals surface area contributed by atoms with E-state index in [2.05, 4.69) is 30.8 Å². The van der Waals surface area contributed by atoms with Gasteiger partial charge in [-0.3, -0.25) is 0 Å². The molecule has 0 aliphatic heterocycles. The molecule has 0 heterocycles. The highest BCUT2D eigenvalue weighted by Crippen LogP contribution is 2.28. The summed E-state index contributed by atoms with van der Waals surface area (Å²) in [6, 6.07) is -3.55. The van der Waals surface area contributed by atoms with Crippen LogP contribution in [0.2, 0.25) is 0 Å². The Morgan fingerprint density at radius 2 is 1.50 bits per heavy atom. The second-order valence-electron chi connectivity index (χ2n) is 3.02. The van der Waals surface area contributed by atoms with Gasteiger partial charge in [0.1, 0.15) is 0 Å². The summed E-state index contributed by atoms with van der Waals surface area (Å²) in [6.07, 6.45) is 0. The molecule has 0 bridgehead atoms. The minimum absolute atomic E-state index is 0.0800. The Labute approximate surface area is 101 Å². The topological polar surface area (TPSA) is 15.3 Å². The molecule has 1 atom stereocenters. The van der Waals surface area contributed by atoms with E-state index in [0.717, 1.165) is 13.1 Å². The van der Waals surface area contributed by atoms with Crippen LogP contribution >= 0.6 is 11.6 Å². The van der Waals surface area contributed by atoms with Crippen molar-refractivity contribution in [2.45, 2.75) is 39.4 Å². The number of nitrogens with zero attached hydrogens (tertiary/aromatic N) is 1. The first-order valence-corrected chi connectivity index (χ1v) is 5.93. The van der Waals surface area contributed by atoms with Crippen molar-refractivity contribution in [3.05, 3.63) is 0 Å². The molecule has 0 aromatic rings. The maximum Gasteiger partial charge on any atom is 0.349 e. The van der Waals surface area contributed by atoms with Crippen molar-refractivity contribution in [2.75, 3.05) is 26.2 Å². The number of hydrogen-bond acceptors (Lipinski definition) is 2. The Morgan fingerprint density at radius 1 is 1.12 bits per heavy atom. The second-order valence-corrected chi connectivity index (χ2v) is 3.40. The van der Waals surface area contributed by atoms with Gasteiger partial charge in [0.05, 0.1) is 0 Å². The van der Waals surface area contributed by atoms with Crippen LogP contribution in [0.1, 0.15) is 27.7 Å². The Morgan fingerprint density at radius 3 is 1.56 bits per heavy atom. The van der Waals surface area contributed by atoms with E-state index in [4.69, 9.17) is 0 Å². The van der Waals surface area contributed by atoms with Crippen molar-refractivity contribution in [3.8, 4) is 0 Å². The molecule has 0 spiro atoms.